The highest BCUT2D eigenvalue weighted by Gasteiger charge is 2.16. The first-order chi connectivity index (χ1) is 12.9. The van der Waals surface area contributed by atoms with Crippen molar-refractivity contribution in [1.82, 2.24) is 10.2 Å². The molecule has 0 radical (unpaired) electrons. The van der Waals surface area contributed by atoms with E-state index in [1.54, 1.807) is 7.11 Å². The van der Waals surface area contributed by atoms with Crippen LogP contribution in [0.3, 0.4) is 0 Å². The third-order valence-corrected chi connectivity index (χ3v) is 4.49. The fourth-order valence-corrected chi connectivity index (χ4v) is 2.94. The highest BCUT2D eigenvalue weighted by Crippen LogP contribution is 2.26. The van der Waals surface area contributed by atoms with Gasteiger partial charge >= 0.3 is 0 Å². The second-order valence-electron chi connectivity index (χ2n) is 7.04. The van der Waals surface area contributed by atoms with Crippen LogP contribution in [0, 0.1) is 0 Å². The number of hydrogen-bond acceptors (Lipinski definition) is 4. The van der Waals surface area contributed by atoms with Gasteiger partial charge in [0.25, 0.3) is 5.91 Å². The zero-order chi connectivity index (χ0) is 19.8. The van der Waals surface area contributed by atoms with Crippen molar-refractivity contribution in [2.24, 2.45) is 0 Å². The van der Waals surface area contributed by atoms with E-state index in [1.807, 2.05) is 62.6 Å². The summed E-state index contributed by atoms with van der Waals surface area (Å²) in [6, 6.07) is 15.8. The maximum Gasteiger partial charge on any atom is 0.258 e. The summed E-state index contributed by atoms with van der Waals surface area (Å²) in [5.74, 6) is 1.78. The van der Waals surface area contributed by atoms with Gasteiger partial charge in [0.05, 0.1) is 13.2 Å². The van der Waals surface area contributed by atoms with Crippen molar-refractivity contribution < 1.29 is 14.3 Å². The predicted molar refractivity (Wildman–Crippen MR) is 108 cm³/mol. The number of benzene rings is 2. The molecule has 5 heteroatoms. The molecule has 146 valence electrons. The molecular weight excluding hydrogens is 340 g/mol. The Balaban J connectivity index is 1.94. The predicted octanol–water partition coefficient (Wildman–Crippen LogP) is 3.62. The van der Waals surface area contributed by atoms with Crippen LogP contribution < -0.4 is 14.8 Å². The van der Waals surface area contributed by atoms with E-state index in [9.17, 15) is 4.79 Å². The van der Waals surface area contributed by atoms with Crippen LogP contribution in [0.2, 0.25) is 0 Å². The maximum atomic E-state index is 12.3. The molecule has 5 nitrogen and oxygen atoms in total. The number of nitrogens with one attached hydrogen (secondary N) is 1. The molecule has 0 aliphatic heterocycles. The molecule has 0 heterocycles. The lowest BCUT2D eigenvalue weighted by molar-refractivity contribution is -0.123. The number of rotatable bonds is 9. The van der Waals surface area contributed by atoms with Crippen LogP contribution in [-0.4, -0.2) is 45.2 Å². The highest BCUT2D eigenvalue weighted by molar-refractivity contribution is 5.77. The minimum Gasteiger partial charge on any atom is -0.497 e. The lowest BCUT2D eigenvalue weighted by Gasteiger charge is -2.25. The first kappa shape index (κ1) is 20.8. The molecule has 0 fully saturated rings. The fourth-order valence-electron chi connectivity index (χ4n) is 2.94. The van der Waals surface area contributed by atoms with E-state index in [1.165, 1.54) is 0 Å². The van der Waals surface area contributed by atoms with Crippen LogP contribution in [0.1, 0.15) is 36.9 Å². The Bertz CT molecular complexity index is 744. The Hall–Kier alpha value is -2.53. The standard InChI is InChI=1S/C22H30N2O3/c1-16(2)19-11-6-7-12-21(19)27-15-22(25)23-14-20(24(3)4)17-9-8-10-18(13-17)26-5/h6-13,16,20H,14-15H2,1-5H3,(H,23,25). The Morgan fingerprint density at radius 2 is 1.85 bits per heavy atom. The van der Waals surface area contributed by atoms with Crippen molar-refractivity contribution in [3.8, 4) is 11.5 Å². The molecular formula is C22H30N2O3. The number of hydrogen-bond donors (Lipinski definition) is 1. The highest BCUT2D eigenvalue weighted by atomic mass is 16.5. The average Bonchev–Trinajstić information content (AvgIpc) is 2.66. The van der Waals surface area contributed by atoms with Gasteiger partial charge in [0.2, 0.25) is 0 Å². The Morgan fingerprint density at radius 1 is 1.11 bits per heavy atom. The smallest absolute Gasteiger partial charge is 0.258 e. The van der Waals surface area contributed by atoms with Gasteiger partial charge in [-0.15, -0.1) is 0 Å². The Labute approximate surface area is 162 Å². The van der Waals surface area contributed by atoms with E-state index in [4.69, 9.17) is 9.47 Å². The van der Waals surface area contributed by atoms with E-state index in [-0.39, 0.29) is 18.6 Å². The third-order valence-electron chi connectivity index (χ3n) is 4.49. The van der Waals surface area contributed by atoms with Crippen molar-refractivity contribution in [3.63, 3.8) is 0 Å². The molecule has 0 aliphatic carbocycles. The van der Waals surface area contributed by atoms with Gasteiger partial charge in [0.15, 0.2) is 6.61 Å². The number of likely N-dealkylation sites (N-methyl/N-ethyl adjacent to an activating group) is 1. The number of ether oxygens (including phenoxy) is 2. The summed E-state index contributed by atoms with van der Waals surface area (Å²) in [6.45, 7) is 4.71. The third kappa shape index (κ3) is 6.00. The molecule has 2 rings (SSSR count). The lowest BCUT2D eigenvalue weighted by Crippen LogP contribution is -2.37. The van der Waals surface area contributed by atoms with E-state index < -0.39 is 0 Å². The number of carbonyl (C=O) groups is 1. The molecule has 1 N–H and O–H groups in total. The lowest BCUT2D eigenvalue weighted by atomic mass is 10.0. The topological polar surface area (TPSA) is 50.8 Å². The molecule has 0 aliphatic rings. The minimum atomic E-state index is -0.136. The monoisotopic (exact) mass is 370 g/mol. The average molecular weight is 370 g/mol. The van der Waals surface area contributed by atoms with Crippen LogP contribution in [0.5, 0.6) is 11.5 Å². The van der Waals surface area contributed by atoms with Gasteiger partial charge in [-0.1, -0.05) is 44.2 Å². The van der Waals surface area contributed by atoms with Gasteiger partial charge in [0, 0.05) is 6.54 Å². The molecule has 0 saturated heterocycles. The van der Waals surface area contributed by atoms with Gasteiger partial charge in [-0.2, -0.15) is 0 Å². The molecule has 27 heavy (non-hydrogen) atoms. The van der Waals surface area contributed by atoms with Gasteiger partial charge in [-0.05, 0) is 49.3 Å². The quantitative estimate of drug-likeness (QED) is 0.732. The molecule has 1 unspecified atom stereocenters. The number of amides is 1. The normalized spacial score (nSPS) is 12.1. The van der Waals surface area contributed by atoms with E-state index in [0.717, 1.165) is 22.6 Å². The molecule has 1 amide bonds. The molecule has 2 aromatic rings. The minimum absolute atomic E-state index is 0.00198. The zero-order valence-corrected chi connectivity index (χ0v) is 16.9. The van der Waals surface area contributed by atoms with Crippen LogP contribution >= 0.6 is 0 Å². The summed E-state index contributed by atoms with van der Waals surface area (Å²) >= 11 is 0. The molecule has 0 saturated carbocycles. The van der Waals surface area contributed by atoms with E-state index in [0.29, 0.717) is 12.5 Å². The number of nitrogens with zero attached hydrogens (tertiary/aromatic N) is 1. The van der Waals surface area contributed by atoms with Crippen LogP contribution in [0.15, 0.2) is 48.5 Å². The second kappa shape index (κ2) is 9.97. The zero-order valence-electron chi connectivity index (χ0n) is 16.9. The summed E-state index contributed by atoms with van der Waals surface area (Å²) in [4.78, 5) is 14.4. The molecule has 0 aromatic heterocycles. The second-order valence-corrected chi connectivity index (χ2v) is 7.04. The van der Waals surface area contributed by atoms with Crippen LogP contribution in [-0.2, 0) is 4.79 Å². The summed E-state index contributed by atoms with van der Waals surface area (Å²) in [5, 5.41) is 2.97. The summed E-state index contributed by atoms with van der Waals surface area (Å²) in [7, 11) is 5.63. The van der Waals surface area contributed by atoms with Crippen molar-refractivity contribution in [2.75, 3.05) is 34.4 Å². The number of methoxy groups -OCH3 is 1. The first-order valence-corrected chi connectivity index (χ1v) is 9.21. The summed E-state index contributed by atoms with van der Waals surface area (Å²) < 4.78 is 11.1. The summed E-state index contributed by atoms with van der Waals surface area (Å²) in [5.41, 5.74) is 2.19. The van der Waals surface area contributed by atoms with Crippen molar-refractivity contribution >= 4 is 5.91 Å². The molecule has 0 spiro atoms. The van der Waals surface area contributed by atoms with Gasteiger partial charge in [-0.25, -0.2) is 0 Å². The molecule has 0 bridgehead atoms. The van der Waals surface area contributed by atoms with Gasteiger partial charge < -0.3 is 19.7 Å². The van der Waals surface area contributed by atoms with E-state index in [2.05, 4.69) is 24.1 Å². The van der Waals surface area contributed by atoms with Crippen LogP contribution in [0.25, 0.3) is 0 Å². The number of para-hydroxylation sites is 1. The Kier molecular flexibility index (Phi) is 7.67. The van der Waals surface area contributed by atoms with Gasteiger partial charge in [0.1, 0.15) is 11.5 Å². The van der Waals surface area contributed by atoms with Gasteiger partial charge in [-0.3, -0.25) is 4.79 Å². The first-order valence-electron chi connectivity index (χ1n) is 9.21. The molecule has 2 aromatic carbocycles. The van der Waals surface area contributed by atoms with Crippen molar-refractivity contribution in [1.29, 1.82) is 0 Å². The van der Waals surface area contributed by atoms with Crippen molar-refractivity contribution in [3.05, 3.63) is 59.7 Å². The molecule has 1 atom stereocenters. The number of carbonyl (C=O) groups excluding carboxylic acids is 1. The van der Waals surface area contributed by atoms with Crippen molar-refractivity contribution in [2.45, 2.75) is 25.8 Å². The van der Waals surface area contributed by atoms with E-state index >= 15 is 0 Å². The van der Waals surface area contributed by atoms with Crippen LogP contribution in [0.4, 0.5) is 0 Å². The SMILES string of the molecule is COc1cccc(C(CNC(=O)COc2ccccc2C(C)C)N(C)C)c1. The largest absolute Gasteiger partial charge is 0.497 e. The Morgan fingerprint density at radius 3 is 2.52 bits per heavy atom. The summed E-state index contributed by atoms with van der Waals surface area (Å²) in [6.07, 6.45) is 0. The maximum absolute atomic E-state index is 12.3. The fraction of sp³-hybridized carbons (Fsp3) is 0.409.